The van der Waals surface area contributed by atoms with Gasteiger partial charge in [-0.3, -0.25) is 4.79 Å². The first-order valence-corrected chi connectivity index (χ1v) is 9.32. The molecule has 0 unspecified atom stereocenters. The zero-order valence-corrected chi connectivity index (χ0v) is 16.4. The van der Waals surface area contributed by atoms with E-state index in [1.165, 1.54) is 5.56 Å². The number of ether oxygens (including phenoxy) is 2. The van der Waals surface area contributed by atoms with E-state index < -0.39 is 0 Å². The van der Waals surface area contributed by atoms with Gasteiger partial charge in [0.05, 0.1) is 11.0 Å². The summed E-state index contributed by atoms with van der Waals surface area (Å²) in [6.07, 6.45) is 2.20. The predicted molar refractivity (Wildman–Crippen MR) is 104 cm³/mol. The molecule has 1 N–H and O–H groups in total. The Labute approximate surface area is 161 Å². The van der Waals surface area contributed by atoms with Crippen LogP contribution in [0.2, 0.25) is 5.02 Å². The van der Waals surface area contributed by atoms with Crippen molar-refractivity contribution in [1.29, 1.82) is 0 Å². The Kier molecular flexibility index (Phi) is 8.09. The largest absolute Gasteiger partial charge is 0.492 e. The third-order valence-corrected chi connectivity index (χ3v) is 4.26. The third-order valence-electron chi connectivity index (χ3n) is 3.41. The van der Waals surface area contributed by atoms with Crippen LogP contribution in [0.25, 0.3) is 0 Å². The molecule has 2 aromatic rings. The Balaban J connectivity index is 1.65. The zero-order chi connectivity index (χ0) is 18.1. The van der Waals surface area contributed by atoms with Gasteiger partial charge < -0.3 is 14.8 Å². The van der Waals surface area contributed by atoms with Crippen LogP contribution in [0.4, 0.5) is 0 Å². The van der Waals surface area contributed by atoms with Gasteiger partial charge in [-0.15, -0.1) is 0 Å². The lowest BCUT2D eigenvalue weighted by Gasteiger charge is -2.10. The van der Waals surface area contributed by atoms with Crippen molar-refractivity contribution in [3.63, 3.8) is 0 Å². The molecule has 134 valence electrons. The Morgan fingerprint density at radius 3 is 2.60 bits per heavy atom. The number of benzene rings is 2. The highest BCUT2D eigenvalue weighted by Gasteiger charge is 2.06. The highest BCUT2D eigenvalue weighted by molar-refractivity contribution is 9.10. The van der Waals surface area contributed by atoms with Gasteiger partial charge in [-0.2, -0.15) is 0 Å². The Morgan fingerprint density at radius 1 is 1.16 bits per heavy atom. The van der Waals surface area contributed by atoms with Crippen molar-refractivity contribution in [2.75, 3.05) is 19.8 Å². The molecule has 0 aliphatic rings. The molecule has 0 saturated heterocycles. The van der Waals surface area contributed by atoms with Crippen LogP contribution in [0.3, 0.4) is 0 Å². The second-order valence-electron chi connectivity index (χ2n) is 5.46. The fourth-order valence-electron chi connectivity index (χ4n) is 2.19. The predicted octanol–water partition coefficient (Wildman–Crippen LogP) is 4.63. The van der Waals surface area contributed by atoms with E-state index in [4.69, 9.17) is 21.1 Å². The molecule has 0 spiro atoms. The molecule has 0 heterocycles. The van der Waals surface area contributed by atoms with Crippen LogP contribution in [0.15, 0.2) is 46.9 Å². The standard InChI is InChI=1S/C19H21BrClNO3/c1-2-3-14-4-7-16(8-5-14)24-11-10-22-19(23)13-25-18-9-6-15(21)12-17(18)20/h4-9,12H,2-3,10-11,13H2,1H3,(H,22,23). The van der Waals surface area contributed by atoms with Gasteiger partial charge >= 0.3 is 0 Å². The minimum atomic E-state index is -0.205. The van der Waals surface area contributed by atoms with Crippen LogP contribution < -0.4 is 14.8 Å². The second-order valence-corrected chi connectivity index (χ2v) is 6.75. The molecular weight excluding hydrogens is 406 g/mol. The summed E-state index contributed by atoms with van der Waals surface area (Å²) in [6, 6.07) is 13.2. The molecule has 0 fully saturated rings. The normalized spacial score (nSPS) is 10.4. The van der Waals surface area contributed by atoms with Crippen molar-refractivity contribution in [1.82, 2.24) is 5.32 Å². The summed E-state index contributed by atoms with van der Waals surface area (Å²) >= 11 is 9.20. The van der Waals surface area contributed by atoms with Gasteiger partial charge in [0, 0.05) is 5.02 Å². The quantitative estimate of drug-likeness (QED) is 0.595. The number of amides is 1. The maximum atomic E-state index is 11.8. The number of rotatable bonds is 9. The van der Waals surface area contributed by atoms with E-state index >= 15 is 0 Å². The number of aryl methyl sites for hydroxylation is 1. The fraction of sp³-hybridized carbons (Fsp3) is 0.316. The summed E-state index contributed by atoms with van der Waals surface area (Å²) in [5.74, 6) is 1.17. The minimum absolute atomic E-state index is 0.0635. The van der Waals surface area contributed by atoms with Crippen molar-refractivity contribution in [3.8, 4) is 11.5 Å². The number of nitrogens with one attached hydrogen (secondary N) is 1. The zero-order valence-electron chi connectivity index (χ0n) is 14.1. The van der Waals surface area contributed by atoms with Gasteiger partial charge in [-0.05, 0) is 58.2 Å². The van der Waals surface area contributed by atoms with Gasteiger partial charge in [0.25, 0.3) is 5.91 Å². The molecular formula is C19H21BrClNO3. The summed E-state index contributed by atoms with van der Waals surface area (Å²) < 4.78 is 11.8. The highest BCUT2D eigenvalue weighted by Crippen LogP contribution is 2.27. The smallest absolute Gasteiger partial charge is 0.258 e. The lowest BCUT2D eigenvalue weighted by molar-refractivity contribution is -0.123. The van der Waals surface area contributed by atoms with Gasteiger partial charge in [0.15, 0.2) is 6.61 Å². The second kappa shape index (κ2) is 10.3. The van der Waals surface area contributed by atoms with Crippen molar-refractivity contribution in [2.24, 2.45) is 0 Å². The molecule has 0 bridgehead atoms. The van der Waals surface area contributed by atoms with E-state index in [-0.39, 0.29) is 12.5 Å². The SMILES string of the molecule is CCCc1ccc(OCCNC(=O)COc2ccc(Cl)cc2Br)cc1. The average Bonchev–Trinajstić information content (AvgIpc) is 2.59. The van der Waals surface area contributed by atoms with Crippen LogP contribution in [-0.2, 0) is 11.2 Å². The molecule has 2 aromatic carbocycles. The topological polar surface area (TPSA) is 47.6 Å². The molecule has 1 amide bonds. The number of carbonyl (C=O) groups is 1. The van der Waals surface area contributed by atoms with E-state index in [9.17, 15) is 4.79 Å². The number of carbonyl (C=O) groups excluding carboxylic acids is 1. The highest BCUT2D eigenvalue weighted by atomic mass is 79.9. The fourth-order valence-corrected chi connectivity index (χ4v) is 2.98. The van der Waals surface area contributed by atoms with E-state index in [2.05, 4.69) is 40.3 Å². The number of hydrogen-bond donors (Lipinski definition) is 1. The summed E-state index contributed by atoms with van der Waals surface area (Å²) in [5.41, 5.74) is 1.30. The molecule has 25 heavy (non-hydrogen) atoms. The Hall–Kier alpha value is -1.72. The molecule has 0 radical (unpaired) electrons. The van der Waals surface area contributed by atoms with Crippen molar-refractivity contribution < 1.29 is 14.3 Å². The van der Waals surface area contributed by atoms with Crippen LogP contribution in [0, 0.1) is 0 Å². The first-order valence-electron chi connectivity index (χ1n) is 8.14. The molecule has 0 saturated carbocycles. The first kappa shape index (κ1) is 19.6. The monoisotopic (exact) mass is 425 g/mol. The van der Waals surface area contributed by atoms with Crippen LogP contribution in [0.5, 0.6) is 11.5 Å². The summed E-state index contributed by atoms with van der Waals surface area (Å²) in [4.78, 5) is 11.8. The average molecular weight is 427 g/mol. The molecule has 2 rings (SSSR count). The van der Waals surface area contributed by atoms with Gasteiger partial charge in [0.2, 0.25) is 0 Å². The minimum Gasteiger partial charge on any atom is -0.492 e. The Bertz CT molecular complexity index is 692. The summed E-state index contributed by atoms with van der Waals surface area (Å²) in [6.45, 7) is 2.92. The molecule has 0 aliphatic heterocycles. The van der Waals surface area contributed by atoms with Crippen molar-refractivity contribution in [3.05, 3.63) is 57.5 Å². The first-order chi connectivity index (χ1) is 12.1. The van der Waals surface area contributed by atoms with E-state index in [1.807, 2.05) is 12.1 Å². The lowest BCUT2D eigenvalue weighted by atomic mass is 10.1. The van der Waals surface area contributed by atoms with Gasteiger partial charge in [-0.1, -0.05) is 37.1 Å². The lowest BCUT2D eigenvalue weighted by Crippen LogP contribution is -2.32. The molecule has 4 nitrogen and oxygen atoms in total. The van der Waals surface area contributed by atoms with E-state index in [0.29, 0.717) is 28.4 Å². The van der Waals surface area contributed by atoms with Crippen LogP contribution >= 0.6 is 27.5 Å². The van der Waals surface area contributed by atoms with Crippen molar-refractivity contribution in [2.45, 2.75) is 19.8 Å². The molecule has 6 heteroatoms. The number of halogens is 2. The van der Waals surface area contributed by atoms with E-state index in [1.54, 1.807) is 18.2 Å². The van der Waals surface area contributed by atoms with Crippen LogP contribution in [0.1, 0.15) is 18.9 Å². The maximum absolute atomic E-state index is 11.8. The summed E-state index contributed by atoms with van der Waals surface area (Å²) in [7, 11) is 0. The number of hydrogen-bond acceptors (Lipinski definition) is 3. The summed E-state index contributed by atoms with van der Waals surface area (Å²) in [5, 5.41) is 3.36. The third kappa shape index (κ3) is 6.96. The molecule has 0 aliphatic carbocycles. The molecule has 0 aromatic heterocycles. The van der Waals surface area contributed by atoms with Gasteiger partial charge in [0.1, 0.15) is 18.1 Å². The molecule has 0 atom stereocenters. The Morgan fingerprint density at radius 2 is 1.92 bits per heavy atom. The van der Waals surface area contributed by atoms with Crippen molar-refractivity contribution >= 4 is 33.4 Å². The van der Waals surface area contributed by atoms with Gasteiger partial charge in [-0.25, -0.2) is 0 Å². The van der Waals surface area contributed by atoms with E-state index in [0.717, 1.165) is 18.6 Å². The maximum Gasteiger partial charge on any atom is 0.258 e. The van der Waals surface area contributed by atoms with Crippen LogP contribution in [-0.4, -0.2) is 25.7 Å².